The zero-order valence-corrected chi connectivity index (χ0v) is 18.1. The van der Waals surface area contributed by atoms with Gasteiger partial charge in [0, 0.05) is 58.5 Å². The van der Waals surface area contributed by atoms with Crippen LogP contribution in [0.3, 0.4) is 0 Å². The Morgan fingerprint density at radius 3 is 2.52 bits per heavy atom. The second kappa shape index (κ2) is 10.1. The van der Waals surface area contributed by atoms with Crippen LogP contribution in [0.15, 0.2) is 24.3 Å². The summed E-state index contributed by atoms with van der Waals surface area (Å²) in [5, 5.41) is 0. The third-order valence-electron chi connectivity index (χ3n) is 6.37. The molecular formula is C23H35N3O3. The minimum atomic E-state index is -0.151. The number of hydrogen-bond donors (Lipinski definition) is 0. The van der Waals surface area contributed by atoms with E-state index in [1.807, 2.05) is 14.0 Å². The maximum Gasteiger partial charge on any atom is 0.227 e. The Hall–Kier alpha value is -2.08. The van der Waals surface area contributed by atoms with Crippen molar-refractivity contribution in [3.05, 3.63) is 29.8 Å². The highest BCUT2D eigenvalue weighted by molar-refractivity contribution is 5.84. The molecule has 2 fully saturated rings. The fourth-order valence-electron chi connectivity index (χ4n) is 4.56. The Morgan fingerprint density at radius 1 is 1.17 bits per heavy atom. The van der Waals surface area contributed by atoms with Gasteiger partial charge in [-0.3, -0.25) is 9.59 Å². The number of benzene rings is 1. The number of carbonyl (C=O) groups is 2. The van der Waals surface area contributed by atoms with Crippen LogP contribution in [0, 0.1) is 5.92 Å². The normalized spacial score (nSPS) is 22.7. The molecule has 0 radical (unpaired) electrons. The van der Waals surface area contributed by atoms with Crippen LogP contribution < -0.4 is 4.90 Å². The number of rotatable bonds is 7. The van der Waals surface area contributed by atoms with E-state index in [2.05, 4.69) is 29.2 Å². The van der Waals surface area contributed by atoms with Gasteiger partial charge in [0.15, 0.2) is 0 Å². The lowest BCUT2D eigenvalue weighted by Gasteiger charge is -2.39. The van der Waals surface area contributed by atoms with Crippen molar-refractivity contribution in [3.63, 3.8) is 0 Å². The standard InChI is InChI=1S/C23H35N3O3/c1-18-21(11-12-22(27)26(18)15-16-29-3)23(28)24(2)17-19-7-9-20(10-8-19)25-13-5-4-6-14-25/h7-10,18,21H,4-6,11-17H2,1-3H3/t18-,21-/m1/s1. The minimum absolute atomic E-state index is 0.0946. The molecule has 160 valence electrons. The van der Waals surface area contributed by atoms with Crippen molar-refractivity contribution < 1.29 is 14.3 Å². The van der Waals surface area contributed by atoms with Crippen molar-refractivity contribution in [2.75, 3.05) is 45.3 Å². The smallest absolute Gasteiger partial charge is 0.227 e. The van der Waals surface area contributed by atoms with Gasteiger partial charge in [-0.2, -0.15) is 0 Å². The third-order valence-corrected chi connectivity index (χ3v) is 6.37. The van der Waals surface area contributed by atoms with Crippen LogP contribution in [0.2, 0.25) is 0 Å². The summed E-state index contributed by atoms with van der Waals surface area (Å²) in [6, 6.07) is 8.52. The summed E-state index contributed by atoms with van der Waals surface area (Å²) in [7, 11) is 3.50. The van der Waals surface area contributed by atoms with Crippen molar-refractivity contribution in [3.8, 4) is 0 Å². The van der Waals surface area contributed by atoms with Gasteiger partial charge in [0.05, 0.1) is 12.5 Å². The zero-order valence-electron chi connectivity index (χ0n) is 18.1. The monoisotopic (exact) mass is 401 g/mol. The highest BCUT2D eigenvalue weighted by Gasteiger charge is 2.37. The summed E-state index contributed by atoms with van der Waals surface area (Å²) < 4.78 is 5.12. The molecule has 2 aliphatic heterocycles. The van der Waals surface area contributed by atoms with Crippen molar-refractivity contribution in [2.24, 2.45) is 5.92 Å². The van der Waals surface area contributed by atoms with Gasteiger partial charge in [-0.15, -0.1) is 0 Å². The lowest BCUT2D eigenvalue weighted by Crippen LogP contribution is -2.52. The molecular weight excluding hydrogens is 366 g/mol. The topological polar surface area (TPSA) is 53.1 Å². The molecule has 2 amide bonds. The highest BCUT2D eigenvalue weighted by atomic mass is 16.5. The Morgan fingerprint density at radius 2 is 1.86 bits per heavy atom. The number of hydrogen-bond acceptors (Lipinski definition) is 4. The van der Waals surface area contributed by atoms with Crippen LogP contribution in [-0.4, -0.2) is 68.1 Å². The Balaban J connectivity index is 1.58. The van der Waals surface area contributed by atoms with Crippen LogP contribution in [0.25, 0.3) is 0 Å². The van der Waals surface area contributed by atoms with Crippen molar-refractivity contribution in [2.45, 2.75) is 51.6 Å². The van der Waals surface area contributed by atoms with Crippen LogP contribution in [0.5, 0.6) is 0 Å². The van der Waals surface area contributed by atoms with Gasteiger partial charge in [0.25, 0.3) is 0 Å². The van der Waals surface area contributed by atoms with Crippen LogP contribution in [0.1, 0.15) is 44.6 Å². The van der Waals surface area contributed by atoms with E-state index in [0.29, 0.717) is 32.5 Å². The second-order valence-corrected chi connectivity index (χ2v) is 8.37. The van der Waals surface area contributed by atoms with E-state index in [4.69, 9.17) is 4.74 Å². The summed E-state index contributed by atoms with van der Waals surface area (Å²) in [5.41, 5.74) is 2.41. The Labute approximate surface area is 174 Å². The number of amides is 2. The summed E-state index contributed by atoms with van der Waals surface area (Å²) in [6.45, 7) is 5.88. The Bertz CT molecular complexity index is 685. The van der Waals surface area contributed by atoms with E-state index in [-0.39, 0.29) is 23.8 Å². The van der Waals surface area contributed by atoms with Crippen molar-refractivity contribution >= 4 is 17.5 Å². The predicted molar refractivity (Wildman–Crippen MR) is 115 cm³/mol. The van der Waals surface area contributed by atoms with Gasteiger partial charge in [0.1, 0.15) is 0 Å². The highest BCUT2D eigenvalue weighted by Crippen LogP contribution is 2.27. The average molecular weight is 402 g/mol. The molecule has 0 bridgehead atoms. The van der Waals surface area contributed by atoms with Crippen molar-refractivity contribution in [1.29, 1.82) is 0 Å². The van der Waals surface area contributed by atoms with Crippen LogP contribution in [0.4, 0.5) is 5.69 Å². The first kappa shape index (κ1) is 21.6. The maximum absolute atomic E-state index is 13.1. The summed E-state index contributed by atoms with van der Waals surface area (Å²) in [4.78, 5) is 31.4. The van der Waals surface area contributed by atoms with E-state index >= 15 is 0 Å². The first-order chi connectivity index (χ1) is 14.0. The fourth-order valence-corrected chi connectivity index (χ4v) is 4.56. The molecule has 2 aliphatic rings. The molecule has 0 spiro atoms. The first-order valence-electron chi connectivity index (χ1n) is 10.9. The SMILES string of the molecule is COCCN1C(=O)CC[C@@H](C(=O)N(C)Cc2ccc(N3CCCCC3)cc2)[C@H]1C. The Kier molecular flexibility index (Phi) is 7.53. The minimum Gasteiger partial charge on any atom is -0.383 e. The third kappa shape index (κ3) is 5.30. The number of likely N-dealkylation sites (tertiary alicyclic amines) is 1. The number of methoxy groups -OCH3 is 1. The van der Waals surface area contributed by atoms with E-state index in [1.54, 1.807) is 16.9 Å². The molecule has 0 aliphatic carbocycles. The molecule has 0 N–H and O–H groups in total. The number of carbonyl (C=O) groups excluding carboxylic acids is 2. The van der Waals surface area contributed by atoms with Gasteiger partial charge in [0.2, 0.25) is 11.8 Å². The number of ether oxygens (including phenoxy) is 1. The molecule has 29 heavy (non-hydrogen) atoms. The fraction of sp³-hybridized carbons (Fsp3) is 0.652. The van der Waals surface area contributed by atoms with Crippen LogP contribution in [-0.2, 0) is 20.9 Å². The van der Waals surface area contributed by atoms with Crippen LogP contribution >= 0.6 is 0 Å². The number of nitrogens with zero attached hydrogens (tertiary/aromatic N) is 3. The van der Waals surface area contributed by atoms with Gasteiger partial charge in [-0.05, 0) is 50.3 Å². The molecule has 6 heteroatoms. The maximum atomic E-state index is 13.1. The first-order valence-corrected chi connectivity index (χ1v) is 10.9. The number of anilines is 1. The molecule has 6 nitrogen and oxygen atoms in total. The molecule has 2 saturated heterocycles. The predicted octanol–water partition coefficient (Wildman–Crippen LogP) is 2.91. The van der Waals surface area contributed by atoms with E-state index in [9.17, 15) is 9.59 Å². The number of piperidine rings is 2. The lowest BCUT2D eigenvalue weighted by atomic mass is 9.88. The summed E-state index contributed by atoms with van der Waals surface area (Å²) >= 11 is 0. The average Bonchev–Trinajstić information content (AvgIpc) is 2.74. The van der Waals surface area contributed by atoms with Gasteiger partial charge >= 0.3 is 0 Å². The molecule has 3 rings (SSSR count). The molecule has 2 atom stereocenters. The quantitative estimate of drug-likeness (QED) is 0.705. The molecule has 0 aromatic heterocycles. The molecule has 0 saturated carbocycles. The van der Waals surface area contributed by atoms with E-state index in [0.717, 1.165) is 18.7 Å². The largest absolute Gasteiger partial charge is 0.383 e. The lowest BCUT2D eigenvalue weighted by molar-refractivity contribution is -0.147. The van der Waals surface area contributed by atoms with Crippen molar-refractivity contribution in [1.82, 2.24) is 9.80 Å². The summed E-state index contributed by atoms with van der Waals surface area (Å²) in [6.07, 6.45) is 4.92. The molecule has 1 aromatic rings. The van der Waals surface area contributed by atoms with Gasteiger partial charge in [-0.25, -0.2) is 0 Å². The molecule has 1 aromatic carbocycles. The zero-order chi connectivity index (χ0) is 20.8. The van der Waals surface area contributed by atoms with E-state index < -0.39 is 0 Å². The summed E-state index contributed by atoms with van der Waals surface area (Å²) in [5.74, 6) is 0.0873. The van der Waals surface area contributed by atoms with E-state index in [1.165, 1.54) is 24.9 Å². The van der Waals surface area contributed by atoms with Gasteiger partial charge in [-0.1, -0.05) is 12.1 Å². The molecule has 0 unspecified atom stereocenters. The second-order valence-electron chi connectivity index (χ2n) is 8.37. The van der Waals surface area contributed by atoms with Gasteiger partial charge < -0.3 is 19.4 Å². The molecule has 2 heterocycles.